The normalized spacial score (nSPS) is 16.3. The number of nitrogens with zero attached hydrogens (tertiary/aromatic N) is 2. The van der Waals surface area contributed by atoms with Crippen LogP contribution in [0.3, 0.4) is 0 Å². The molecule has 1 aliphatic heterocycles. The van der Waals surface area contributed by atoms with Gasteiger partial charge < -0.3 is 19.3 Å². The molecule has 0 saturated carbocycles. The molecular formula is C24H34N2O4. The molecule has 6 nitrogen and oxygen atoms in total. The number of rotatable bonds is 10. The van der Waals surface area contributed by atoms with Crippen LogP contribution in [-0.2, 0) is 0 Å². The summed E-state index contributed by atoms with van der Waals surface area (Å²) in [4.78, 5) is 4.71. The lowest BCUT2D eigenvalue weighted by atomic mass is 10.1. The zero-order valence-electron chi connectivity index (χ0n) is 18.3. The molecule has 2 aromatic carbocycles. The van der Waals surface area contributed by atoms with E-state index in [2.05, 4.69) is 9.80 Å². The fourth-order valence-corrected chi connectivity index (χ4v) is 3.72. The number of piperazine rings is 1. The second-order valence-electron chi connectivity index (χ2n) is 7.85. The van der Waals surface area contributed by atoms with Crippen molar-refractivity contribution in [3.05, 3.63) is 53.6 Å². The van der Waals surface area contributed by atoms with Crippen LogP contribution >= 0.6 is 0 Å². The summed E-state index contributed by atoms with van der Waals surface area (Å²) in [6, 6.07) is 13.8. The van der Waals surface area contributed by atoms with Crippen molar-refractivity contribution in [3.63, 3.8) is 0 Å². The Bertz CT molecular complexity index is 753. The van der Waals surface area contributed by atoms with E-state index in [4.69, 9.17) is 14.2 Å². The van der Waals surface area contributed by atoms with Gasteiger partial charge in [0.1, 0.15) is 36.6 Å². The van der Waals surface area contributed by atoms with Crippen LogP contribution in [0.15, 0.2) is 42.5 Å². The fraction of sp³-hybridized carbons (Fsp3) is 0.500. The molecule has 0 aromatic heterocycles. The third-order valence-electron chi connectivity index (χ3n) is 5.50. The summed E-state index contributed by atoms with van der Waals surface area (Å²) < 4.78 is 16.9. The van der Waals surface area contributed by atoms with Crippen LogP contribution in [0.5, 0.6) is 17.2 Å². The smallest absolute Gasteiger partial charge is 0.125 e. The van der Waals surface area contributed by atoms with E-state index in [9.17, 15) is 5.11 Å². The molecule has 3 rings (SSSR count). The first-order valence-electron chi connectivity index (χ1n) is 10.6. The largest absolute Gasteiger partial charge is 0.497 e. The Kier molecular flexibility index (Phi) is 8.37. The highest BCUT2D eigenvalue weighted by Crippen LogP contribution is 2.22. The standard InChI is InChI=1S/C24H34N2O4/c1-19-5-4-6-20(2)24(19)30-18-21(27)17-26-13-11-25(12-14-26)15-16-29-23-9-7-22(28-3)8-10-23/h4-10,21,27H,11-18H2,1-3H3. The minimum Gasteiger partial charge on any atom is -0.497 e. The van der Waals surface area contributed by atoms with Gasteiger partial charge in [-0.15, -0.1) is 0 Å². The van der Waals surface area contributed by atoms with E-state index in [1.165, 1.54) is 0 Å². The van der Waals surface area contributed by atoms with Crippen LogP contribution in [0.25, 0.3) is 0 Å². The van der Waals surface area contributed by atoms with Gasteiger partial charge in [-0.3, -0.25) is 9.80 Å². The van der Waals surface area contributed by atoms with E-state index in [0.29, 0.717) is 19.8 Å². The molecule has 1 fully saturated rings. The molecule has 0 bridgehead atoms. The molecule has 0 amide bonds. The quantitative estimate of drug-likeness (QED) is 0.645. The maximum Gasteiger partial charge on any atom is 0.125 e. The lowest BCUT2D eigenvalue weighted by molar-refractivity contribution is 0.0433. The first kappa shape index (κ1) is 22.4. The summed E-state index contributed by atoms with van der Waals surface area (Å²) in [5.74, 6) is 2.58. The Morgan fingerprint density at radius 2 is 1.47 bits per heavy atom. The van der Waals surface area contributed by atoms with Crippen LogP contribution in [0, 0.1) is 13.8 Å². The average molecular weight is 415 g/mol. The van der Waals surface area contributed by atoms with Gasteiger partial charge in [0.15, 0.2) is 0 Å². The van der Waals surface area contributed by atoms with Crippen molar-refractivity contribution in [2.45, 2.75) is 20.0 Å². The Hall–Kier alpha value is -2.28. The lowest BCUT2D eigenvalue weighted by Crippen LogP contribution is -2.50. The van der Waals surface area contributed by atoms with E-state index >= 15 is 0 Å². The number of aryl methyl sites for hydroxylation is 2. The van der Waals surface area contributed by atoms with E-state index in [-0.39, 0.29) is 0 Å². The van der Waals surface area contributed by atoms with Crippen LogP contribution < -0.4 is 14.2 Å². The number of aliphatic hydroxyl groups is 1. The van der Waals surface area contributed by atoms with Crippen molar-refractivity contribution >= 4 is 0 Å². The zero-order chi connectivity index (χ0) is 21.3. The summed E-state index contributed by atoms with van der Waals surface area (Å²) >= 11 is 0. The molecule has 6 heteroatoms. The molecule has 2 aromatic rings. The Balaban J connectivity index is 1.32. The molecule has 1 unspecified atom stereocenters. The highest BCUT2D eigenvalue weighted by atomic mass is 16.5. The SMILES string of the molecule is COc1ccc(OCCN2CCN(CC(O)COc3c(C)cccc3C)CC2)cc1. The predicted octanol–water partition coefficient (Wildman–Crippen LogP) is 2.75. The lowest BCUT2D eigenvalue weighted by Gasteiger charge is -2.35. The number of para-hydroxylation sites is 1. The van der Waals surface area contributed by atoms with Crippen molar-refractivity contribution in [2.24, 2.45) is 0 Å². The summed E-state index contributed by atoms with van der Waals surface area (Å²) in [6.07, 6.45) is -0.492. The van der Waals surface area contributed by atoms with Gasteiger partial charge in [-0.1, -0.05) is 18.2 Å². The number of benzene rings is 2. The topological polar surface area (TPSA) is 54.4 Å². The Morgan fingerprint density at radius 3 is 2.10 bits per heavy atom. The summed E-state index contributed by atoms with van der Waals surface area (Å²) in [5, 5.41) is 10.4. The third kappa shape index (κ3) is 6.62. The molecule has 30 heavy (non-hydrogen) atoms. The van der Waals surface area contributed by atoms with Gasteiger partial charge in [0.2, 0.25) is 0 Å². The number of hydrogen-bond donors (Lipinski definition) is 1. The summed E-state index contributed by atoms with van der Waals surface area (Å²) in [7, 11) is 1.66. The molecule has 0 aliphatic carbocycles. The minimum atomic E-state index is -0.492. The van der Waals surface area contributed by atoms with Crippen LogP contribution in [-0.4, -0.2) is 80.6 Å². The Morgan fingerprint density at radius 1 is 0.867 bits per heavy atom. The second kappa shape index (κ2) is 11.2. The number of methoxy groups -OCH3 is 1. The average Bonchev–Trinajstić information content (AvgIpc) is 2.75. The van der Waals surface area contributed by atoms with Crippen LogP contribution in [0.4, 0.5) is 0 Å². The van der Waals surface area contributed by atoms with Gasteiger partial charge >= 0.3 is 0 Å². The van der Waals surface area contributed by atoms with E-state index in [1.54, 1.807) is 7.11 Å². The van der Waals surface area contributed by atoms with Crippen molar-refractivity contribution in [2.75, 3.05) is 59.6 Å². The van der Waals surface area contributed by atoms with Crippen LogP contribution in [0.2, 0.25) is 0 Å². The molecule has 164 valence electrons. The highest BCUT2D eigenvalue weighted by molar-refractivity contribution is 5.39. The monoisotopic (exact) mass is 414 g/mol. The molecule has 1 atom stereocenters. The van der Waals surface area contributed by atoms with Crippen molar-refractivity contribution < 1.29 is 19.3 Å². The Labute approximate surface area is 180 Å². The third-order valence-corrected chi connectivity index (χ3v) is 5.50. The highest BCUT2D eigenvalue weighted by Gasteiger charge is 2.19. The fourth-order valence-electron chi connectivity index (χ4n) is 3.72. The van der Waals surface area contributed by atoms with Crippen molar-refractivity contribution in [1.29, 1.82) is 0 Å². The van der Waals surface area contributed by atoms with Gasteiger partial charge in [-0.25, -0.2) is 0 Å². The van der Waals surface area contributed by atoms with Gasteiger partial charge in [0.05, 0.1) is 7.11 Å². The first-order valence-corrected chi connectivity index (χ1v) is 10.6. The summed E-state index contributed by atoms with van der Waals surface area (Å²) in [6.45, 7) is 10.5. The predicted molar refractivity (Wildman–Crippen MR) is 119 cm³/mol. The minimum absolute atomic E-state index is 0.321. The van der Waals surface area contributed by atoms with Gasteiger partial charge in [0, 0.05) is 39.3 Å². The maximum absolute atomic E-state index is 10.4. The molecule has 0 radical (unpaired) electrons. The second-order valence-corrected chi connectivity index (χ2v) is 7.85. The number of β-amino-alcohol motifs (C(OH)–C–C–N with tert-alkyl or cyclic N) is 1. The van der Waals surface area contributed by atoms with Gasteiger partial charge in [-0.2, -0.15) is 0 Å². The molecule has 1 aliphatic rings. The molecule has 1 heterocycles. The van der Waals surface area contributed by atoms with Crippen molar-refractivity contribution in [1.82, 2.24) is 9.80 Å². The van der Waals surface area contributed by atoms with Gasteiger partial charge in [-0.05, 0) is 49.2 Å². The molecule has 1 N–H and O–H groups in total. The molecule has 0 spiro atoms. The molecule has 1 saturated heterocycles. The van der Waals surface area contributed by atoms with E-state index < -0.39 is 6.10 Å². The van der Waals surface area contributed by atoms with Gasteiger partial charge in [0.25, 0.3) is 0 Å². The number of aliphatic hydroxyl groups excluding tert-OH is 1. The number of hydrogen-bond acceptors (Lipinski definition) is 6. The number of ether oxygens (including phenoxy) is 3. The maximum atomic E-state index is 10.4. The van der Waals surface area contributed by atoms with E-state index in [1.807, 2.05) is 56.3 Å². The molecular weight excluding hydrogens is 380 g/mol. The van der Waals surface area contributed by atoms with Crippen LogP contribution in [0.1, 0.15) is 11.1 Å². The zero-order valence-corrected chi connectivity index (χ0v) is 18.3. The first-order chi connectivity index (χ1) is 14.5. The summed E-state index contributed by atoms with van der Waals surface area (Å²) in [5.41, 5.74) is 2.21. The van der Waals surface area contributed by atoms with Crippen molar-refractivity contribution in [3.8, 4) is 17.2 Å². The van der Waals surface area contributed by atoms with E-state index in [0.717, 1.165) is 61.1 Å².